The molecule has 27 heavy (non-hydrogen) atoms. The molecule has 1 aromatic carbocycles. The summed E-state index contributed by atoms with van der Waals surface area (Å²) < 4.78 is 24.6. The van der Waals surface area contributed by atoms with Crippen LogP contribution in [0.3, 0.4) is 0 Å². The van der Waals surface area contributed by atoms with Gasteiger partial charge in [0.05, 0.1) is 11.1 Å². The van der Waals surface area contributed by atoms with Crippen LogP contribution in [0.25, 0.3) is 11.2 Å². The summed E-state index contributed by atoms with van der Waals surface area (Å²) >= 11 is 5.85. The highest BCUT2D eigenvalue weighted by molar-refractivity contribution is 7.90. The highest BCUT2D eigenvalue weighted by Gasteiger charge is 2.15. The summed E-state index contributed by atoms with van der Waals surface area (Å²) in [4.78, 5) is 25.4. The molecule has 3 rings (SSSR count). The van der Waals surface area contributed by atoms with Crippen molar-refractivity contribution in [3.05, 3.63) is 51.7 Å². The number of nitrogens with one attached hydrogen (secondary N) is 1. The number of nitrogens with zero attached hydrogens (tertiary/aromatic N) is 4. The SMILES string of the molecule is CC(C)n1c(=O)c(NCc2ccc(S(C)(=O)=O)cc2)nc2cnc(Cl)nc21. The van der Waals surface area contributed by atoms with Gasteiger partial charge in [0.2, 0.25) is 5.28 Å². The summed E-state index contributed by atoms with van der Waals surface area (Å²) in [6, 6.07) is 6.29. The molecule has 3 aromatic rings. The topological polar surface area (TPSA) is 107 Å². The summed E-state index contributed by atoms with van der Waals surface area (Å²) in [5, 5.41) is 3.05. The Hall–Kier alpha value is -2.52. The lowest BCUT2D eigenvalue weighted by molar-refractivity contribution is 0.593. The van der Waals surface area contributed by atoms with Crippen LogP contribution in [0.15, 0.2) is 40.2 Å². The number of hydrogen-bond donors (Lipinski definition) is 1. The molecule has 0 aliphatic heterocycles. The summed E-state index contributed by atoms with van der Waals surface area (Å²) in [6.45, 7) is 4.04. The van der Waals surface area contributed by atoms with E-state index in [1.807, 2.05) is 13.8 Å². The Morgan fingerprint density at radius 1 is 1.19 bits per heavy atom. The predicted molar refractivity (Wildman–Crippen MR) is 104 cm³/mol. The molecule has 0 aliphatic carbocycles. The van der Waals surface area contributed by atoms with Crippen molar-refractivity contribution < 1.29 is 8.42 Å². The van der Waals surface area contributed by atoms with E-state index in [1.165, 1.54) is 22.9 Å². The maximum atomic E-state index is 12.8. The van der Waals surface area contributed by atoms with Gasteiger partial charge in [-0.1, -0.05) is 12.1 Å². The summed E-state index contributed by atoms with van der Waals surface area (Å²) in [7, 11) is -3.25. The Bertz CT molecular complexity index is 1160. The average Bonchev–Trinajstić information content (AvgIpc) is 2.59. The third-order valence-corrected chi connectivity index (χ3v) is 5.24. The molecule has 0 saturated carbocycles. The van der Waals surface area contributed by atoms with Gasteiger partial charge in [0.15, 0.2) is 21.3 Å². The standard InChI is InChI=1S/C17H18ClN5O3S/c1-10(2)23-15-13(9-20-17(18)22-15)21-14(16(23)24)19-8-11-4-6-12(7-5-11)27(3,25)26/h4-7,9-10H,8H2,1-3H3,(H,19,21). The first-order valence-corrected chi connectivity index (χ1v) is 10.4. The first-order chi connectivity index (χ1) is 12.7. The molecule has 8 nitrogen and oxygen atoms in total. The minimum absolute atomic E-state index is 0.0461. The second-order valence-corrected chi connectivity index (χ2v) is 8.70. The first-order valence-electron chi connectivity index (χ1n) is 8.14. The van der Waals surface area contributed by atoms with E-state index >= 15 is 0 Å². The number of hydrogen-bond acceptors (Lipinski definition) is 7. The van der Waals surface area contributed by atoms with Crippen LogP contribution in [0.1, 0.15) is 25.5 Å². The quantitative estimate of drug-likeness (QED) is 0.647. The monoisotopic (exact) mass is 407 g/mol. The second kappa shape index (κ2) is 7.24. The summed E-state index contributed by atoms with van der Waals surface area (Å²) in [5.74, 6) is 0.161. The molecule has 0 radical (unpaired) electrons. The van der Waals surface area contributed by atoms with Crippen molar-refractivity contribution in [1.82, 2.24) is 19.5 Å². The van der Waals surface area contributed by atoms with E-state index in [-0.39, 0.29) is 27.6 Å². The number of benzene rings is 1. The highest BCUT2D eigenvalue weighted by Crippen LogP contribution is 2.16. The lowest BCUT2D eigenvalue weighted by Crippen LogP contribution is -2.27. The fourth-order valence-corrected chi connectivity index (χ4v) is 3.37. The van der Waals surface area contributed by atoms with Gasteiger partial charge >= 0.3 is 0 Å². The van der Waals surface area contributed by atoms with E-state index in [4.69, 9.17) is 11.6 Å². The minimum atomic E-state index is -3.25. The van der Waals surface area contributed by atoms with Crippen LogP contribution in [-0.4, -0.2) is 34.2 Å². The summed E-state index contributed by atoms with van der Waals surface area (Å²) in [6.07, 6.45) is 2.62. The van der Waals surface area contributed by atoms with E-state index in [2.05, 4.69) is 20.3 Å². The molecular weight excluding hydrogens is 390 g/mol. The van der Waals surface area contributed by atoms with Gasteiger partial charge in [-0.25, -0.2) is 18.4 Å². The molecule has 0 spiro atoms. The van der Waals surface area contributed by atoms with Gasteiger partial charge in [0.25, 0.3) is 5.56 Å². The Labute approximate surface area is 161 Å². The van der Waals surface area contributed by atoms with Gasteiger partial charge in [-0.05, 0) is 43.1 Å². The van der Waals surface area contributed by atoms with Crippen molar-refractivity contribution in [1.29, 1.82) is 0 Å². The van der Waals surface area contributed by atoms with Crippen molar-refractivity contribution >= 4 is 38.4 Å². The fraction of sp³-hybridized carbons (Fsp3) is 0.294. The van der Waals surface area contributed by atoms with Gasteiger partial charge < -0.3 is 5.32 Å². The van der Waals surface area contributed by atoms with Gasteiger partial charge in [0, 0.05) is 18.8 Å². The second-order valence-electron chi connectivity index (χ2n) is 6.35. The number of rotatable bonds is 5. The lowest BCUT2D eigenvalue weighted by Gasteiger charge is -2.15. The lowest BCUT2D eigenvalue weighted by atomic mass is 10.2. The molecule has 2 heterocycles. The number of fused-ring (bicyclic) bond motifs is 1. The Kier molecular flexibility index (Phi) is 5.16. The molecule has 0 amide bonds. The van der Waals surface area contributed by atoms with Crippen LogP contribution in [0, 0.1) is 0 Å². The fourth-order valence-electron chi connectivity index (χ4n) is 2.61. The molecule has 0 aliphatic rings. The van der Waals surface area contributed by atoms with Gasteiger partial charge in [-0.15, -0.1) is 0 Å². The van der Waals surface area contributed by atoms with Crippen molar-refractivity contribution in [2.75, 3.05) is 11.6 Å². The Balaban J connectivity index is 1.94. The highest BCUT2D eigenvalue weighted by atomic mass is 35.5. The molecule has 0 atom stereocenters. The predicted octanol–water partition coefficient (Wildman–Crippen LogP) is 2.44. The molecular formula is C17H18ClN5O3S. The van der Waals surface area contributed by atoms with Crippen LogP contribution in [0.4, 0.5) is 5.82 Å². The average molecular weight is 408 g/mol. The molecule has 2 aromatic heterocycles. The van der Waals surface area contributed by atoms with Crippen LogP contribution in [-0.2, 0) is 16.4 Å². The first kappa shape index (κ1) is 19.2. The molecule has 0 fully saturated rings. The Morgan fingerprint density at radius 2 is 1.85 bits per heavy atom. The minimum Gasteiger partial charge on any atom is -0.361 e. The van der Waals surface area contributed by atoms with Crippen molar-refractivity contribution in [3.8, 4) is 0 Å². The number of sulfone groups is 1. The van der Waals surface area contributed by atoms with Gasteiger partial charge in [0.1, 0.15) is 5.52 Å². The van der Waals surface area contributed by atoms with Crippen molar-refractivity contribution in [2.45, 2.75) is 31.3 Å². The van der Waals surface area contributed by atoms with E-state index in [0.717, 1.165) is 11.8 Å². The third-order valence-electron chi connectivity index (χ3n) is 3.93. The number of aromatic nitrogens is 4. The van der Waals surface area contributed by atoms with Crippen molar-refractivity contribution in [2.24, 2.45) is 0 Å². The maximum absolute atomic E-state index is 12.8. The molecule has 142 valence electrons. The van der Waals surface area contributed by atoms with E-state index in [1.54, 1.807) is 12.1 Å². The molecule has 0 saturated heterocycles. The van der Waals surface area contributed by atoms with E-state index < -0.39 is 9.84 Å². The van der Waals surface area contributed by atoms with E-state index in [0.29, 0.717) is 17.7 Å². The van der Waals surface area contributed by atoms with Crippen LogP contribution >= 0.6 is 11.6 Å². The number of halogens is 1. The molecule has 10 heteroatoms. The molecule has 0 unspecified atom stereocenters. The van der Waals surface area contributed by atoms with Crippen LogP contribution in [0.5, 0.6) is 0 Å². The largest absolute Gasteiger partial charge is 0.361 e. The van der Waals surface area contributed by atoms with E-state index in [9.17, 15) is 13.2 Å². The number of anilines is 1. The zero-order chi connectivity index (χ0) is 19.8. The van der Waals surface area contributed by atoms with Crippen LogP contribution in [0.2, 0.25) is 5.28 Å². The van der Waals surface area contributed by atoms with Crippen molar-refractivity contribution in [3.63, 3.8) is 0 Å². The zero-order valence-electron chi connectivity index (χ0n) is 15.0. The van der Waals surface area contributed by atoms with Gasteiger partial charge in [-0.2, -0.15) is 4.98 Å². The third kappa shape index (κ3) is 4.09. The Morgan fingerprint density at radius 3 is 2.44 bits per heavy atom. The zero-order valence-corrected chi connectivity index (χ0v) is 16.5. The van der Waals surface area contributed by atoms with Gasteiger partial charge in [-0.3, -0.25) is 9.36 Å². The summed E-state index contributed by atoms with van der Waals surface area (Å²) in [5.41, 5.74) is 1.31. The smallest absolute Gasteiger partial charge is 0.295 e. The van der Waals surface area contributed by atoms with Crippen LogP contribution < -0.4 is 10.9 Å². The molecule has 0 bridgehead atoms. The normalized spacial score (nSPS) is 11.9. The molecule has 1 N–H and O–H groups in total. The maximum Gasteiger partial charge on any atom is 0.295 e.